The van der Waals surface area contributed by atoms with Crippen LogP contribution in [0.5, 0.6) is 0 Å². The highest BCUT2D eigenvalue weighted by molar-refractivity contribution is 7.92. The molecule has 0 unspecified atom stereocenters. The van der Waals surface area contributed by atoms with Crippen LogP contribution >= 0.6 is 0 Å². The molecule has 0 aromatic heterocycles. The average Bonchev–Trinajstić information content (AvgIpc) is 2.42. The van der Waals surface area contributed by atoms with Crippen molar-refractivity contribution in [3.05, 3.63) is 58.7 Å². The van der Waals surface area contributed by atoms with E-state index in [1.807, 2.05) is 32.9 Å². The smallest absolute Gasteiger partial charge is 0.261 e. The quantitative estimate of drug-likeness (QED) is 0.912. The van der Waals surface area contributed by atoms with Crippen LogP contribution in [0.25, 0.3) is 0 Å². The van der Waals surface area contributed by atoms with Crippen LogP contribution in [0.1, 0.15) is 22.3 Å². The van der Waals surface area contributed by atoms with Gasteiger partial charge in [0, 0.05) is 6.54 Å². The van der Waals surface area contributed by atoms with Crippen molar-refractivity contribution in [3.63, 3.8) is 0 Å². The van der Waals surface area contributed by atoms with Gasteiger partial charge in [-0.15, -0.1) is 0 Å². The van der Waals surface area contributed by atoms with E-state index < -0.39 is 10.0 Å². The molecule has 0 saturated carbocycles. The minimum atomic E-state index is -3.60. The molecular weight excluding hydrogens is 284 g/mol. The lowest BCUT2D eigenvalue weighted by atomic mass is 10.1. The lowest BCUT2D eigenvalue weighted by Gasteiger charge is -2.12. The zero-order valence-corrected chi connectivity index (χ0v) is 13.3. The third-order valence-electron chi connectivity index (χ3n) is 3.48. The number of anilines is 1. The first-order valence-electron chi connectivity index (χ1n) is 6.73. The monoisotopic (exact) mass is 304 g/mol. The van der Waals surface area contributed by atoms with E-state index >= 15 is 0 Å². The maximum atomic E-state index is 12.5. The predicted molar refractivity (Wildman–Crippen MR) is 85.8 cm³/mol. The van der Waals surface area contributed by atoms with Crippen molar-refractivity contribution in [2.45, 2.75) is 32.2 Å². The van der Waals surface area contributed by atoms with Crippen LogP contribution in [0.3, 0.4) is 0 Å². The Hall–Kier alpha value is -1.85. The molecule has 0 bridgehead atoms. The van der Waals surface area contributed by atoms with Crippen molar-refractivity contribution >= 4 is 15.7 Å². The highest BCUT2D eigenvalue weighted by Crippen LogP contribution is 2.22. The van der Waals surface area contributed by atoms with Gasteiger partial charge in [0.15, 0.2) is 0 Å². The minimum absolute atomic E-state index is 0.230. The maximum absolute atomic E-state index is 12.5. The standard InChI is InChI=1S/C16H20N2O2S/c1-11-4-7-16(13(3)8-11)18-21(19,20)15-6-5-12(2)14(9-15)10-17/h4-9,18H,10,17H2,1-3H3. The van der Waals surface area contributed by atoms with Crippen LogP contribution in [0.4, 0.5) is 5.69 Å². The lowest BCUT2D eigenvalue weighted by Crippen LogP contribution is -2.14. The van der Waals surface area contributed by atoms with E-state index in [1.165, 1.54) is 0 Å². The summed E-state index contributed by atoms with van der Waals surface area (Å²) in [7, 11) is -3.60. The number of hydrogen-bond acceptors (Lipinski definition) is 3. The molecule has 5 heteroatoms. The van der Waals surface area contributed by atoms with E-state index in [9.17, 15) is 8.42 Å². The molecular formula is C16H20N2O2S. The Labute approximate surface area is 126 Å². The molecule has 21 heavy (non-hydrogen) atoms. The van der Waals surface area contributed by atoms with Crippen LogP contribution in [-0.4, -0.2) is 8.42 Å². The number of nitrogens with two attached hydrogens (primary N) is 1. The predicted octanol–water partition coefficient (Wildman–Crippen LogP) is 2.87. The summed E-state index contributed by atoms with van der Waals surface area (Å²) < 4.78 is 27.6. The van der Waals surface area contributed by atoms with Crippen molar-refractivity contribution in [3.8, 4) is 0 Å². The molecule has 2 rings (SSSR count). The zero-order chi connectivity index (χ0) is 15.6. The second kappa shape index (κ2) is 5.87. The largest absolute Gasteiger partial charge is 0.326 e. The van der Waals surface area contributed by atoms with Crippen molar-refractivity contribution in [1.29, 1.82) is 0 Å². The zero-order valence-electron chi connectivity index (χ0n) is 12.5. The molecule has 2 aromatic carbocycles. The topological polar surface area (TPSA) is 72.2 Å². The summed E-state index contributed by atoms with van der Waals surface area (Å²) in [5.74, 6) is 0. The number of aryl methyl sites for hydroxylation is 3. The molecule has 0 fully saturated rings. The van der Waals surface area contributed by atoms with Gasteiger partial charge in [0.25, 0.3) is 10.0 Å². The second-order valence-corrected chi connectivity index (χ2v) is 6.90. The molecule has 0 heterocycles. The summed E-state index contributed by atoms with van der Waals surface area (Å²) in [4.78, 5) is 0.230. The van der Waals surface area contributed by atoms with Gasteiger partial charge in [0.05, 0.1) is 10.6 Å². The first-order valence-corrected chi connectivity index (χ1v) is 8.21. The van der Waals surface area contributed by atoms with Gasteiger partial charge in [0.1, 0.15) is 0 Å². The molecule has 0 atom stereocenters. The van der Waals surface area contributed by atoms with E-state index in [-0.39, 0.29) is 4.90 Å². The molecule has 0 saturated heterocycles. The molecule has 0 aliphatic heterocycles. The summed E-state index contributed by atoms with van der Waals surface area (Å²) in [5, 5.41) is 0. The van der Waals surface area contributed by atoms with Gasteiger partial charge in [-0.25, -0.2) is 8.42 Å². The number of benzene rings is 2. The molecule has 3 N–H and O–H groups in total. The fourth-order valence-electron chi connectivity index (χ4n) is 2.17. The lowest BCUT2D eigenvalue weighted by molar-refractivity contribution is 0.601. The van der Waals surface area contributed by atoms with Gasteiger partial charge in [-0.2, -0.15) is 0 Å². The Morgan fingerprint density at radius 3 is 2.33 bits per heavy atom. The summed E-state index contributed by atoms with van der Waals surface area (Å²) in [6, 6.07) is 10.6. The number of rotatable bonds is 4. The second-order valence-electron chi connectivity index (χ2n) is 5.22. The minimum Gasteiger partial charge on any atom is -0.326 e. The molecule has 0 spiro atoms. The SMILES string of the molecule is Cc1ccc(NS(=O)(=O)c2ccc(C)c(CN)c2)c(C)c1. The fourth-order valence-corrected chi connectivity index (χ4v) is 3.35. The van der Waals surface area contributed by atoms with Crippen LogP contribution in [-0.2, 0) is 16.6 Å². The van der Waals surface area contributed by atoms with Gasteiger partial charge < -0.3 is 5.73 Å². The van der Waals surface area contributed by atoms with Crippen molar-refractivity contribution in [2.24, 2.45) is 5.73 Å². The third-order valence-corrected chi connectivity index (χ3v) is 4.84. The number of nitrogens with one attached hydrogen (secondary N) is 1. The van der Waals surface area contributed by atoms with Crippen LogP contribution in [0.2, 0.25) is 0 Å². The molecule has 0 radical (unpaired) electrons. The molecule has 0 amide bonds. The Morgan fingerprint density at radius 2 is 1.71 bits per heavy atom. The summed E-state index contributed by atoms with van der Waals surface area (Å²) in [6.45, 7) is 6.08. The first kappa shape index (κ1) is 15.5. The Bertz CT molecular complexity index is 768. The molecule has 112 valence electrons. The Balaban J connectivity index is 2.38. The van der Waals surface area contributed by atoms with E-state index in [2.05, 4.69) is 4.72 Å². The van der Waals surface area contributed by atoms with Gasteiger partial charge in [-0.05, 0) is 55.7 Å². The summed E-state index contributed by atoms with van der Waals surface area (Å²) in [6.07, 6.45) is 0. The first-order chi connectivity index (χ1) is 9.83. The molecule has 2 aromatic rings. The van der Waals surface area contributed by atoms with E-state index in [1.54, 1.807) is 24.3 Å². The molecule has 0 aliphatic carbocycles. The number of sulfonamides is 1. The molecule has 0 aliphatic rings. The fraction of sp³-hybridized carbons (Fsp3) is 0.250. The van der Waals surface area contributed by atoms with Crippen LogP contribution in [0.15, 0.2) is 41.3 Å². The molecule has 4 nitrogen and oxygen atoms in total. The number of hydrogen-bond donors (Lipinski definition) is 2. The highest BCUT2D eigenvalue weighted by atomic mass is 32.2. The normalized spacial score (nSPS) is 11.4. The van der Waals surface area contributed by atoms with E-state index in [0.717, 1.165) is 22.3 Å². The maximum Gasteiger partial charge on any atom is 0.261 e. The highest BCUT2D eigenvalue weighted by Gasteiger charge is 2.16. The van der Waals surface area contributed by atoms with Crippen molar-refractivity contribution < 1.29 is 8.42 Å². The van der Waals surface area contributed by atoms with Gasteiger partial charge in [-0.3, -0.25) is 4.72 Å². The van der Waals surface area contributed by atoms with Crippen molar-refractivity contribution in [1.82, 2.24) is 0 Å². The van der Waals surface area contributed by atoms with Crippen LogP contribution < -0.4 is 10.5 Å². The summed E-state index contributed by atoms with van der Waals surface area (Å²) >= 11 is 0. The summed E-state index contributed by atoms with van der Waals surface area (Å²) in [5.41, 5.74) is 10.0. The van der Waals surface area contributed by atoms with E-state index in [4.69, 9.17) is 5.73 Å². The Kier molecular flexibility index (Phi) is 4.34. The van der Waals surface area contributed by atoms with E-state index in [0.29, 0.717) is 12.2 Å². The van der Waals surface area contributed by atoms with Gasteiger partial charge in [0.2, 0.25) is 0 Å². The van der Waals surface area contributed by atoms with Gasteiger partial charge >= 0.3 is 0 Å². The Morgan fingerprint density at radius 1 is 1.00 bits per heavy atom. The third kappa shape index (κ3) is 3.43. The van der Waals surface area contributed by atoms with Crippen molar-refractivity contribution in [2.75, 3.05) is 4.72 Å². The van der Waals surface area contributed by atoms with Crippen LogP contribution in [0, 0.1) is 20.8 Å². The average molecular weight is 304 g/mol. The van der Waals surface area contributed by atoms with Gasteiger partial charge in [-0.1, -0.05) is 23.8 Å².